The Bertz CT molecular complexity index is 1300. The first kappa shape index (κ1) is 21.6. The van der Waals surface area contributed by atoms with Gasteiger partial charge in [-0.05, 0) is 61.9 Å². The number of hydrogen-bond acceptors (Lipinski definition) is 8. The highest BCUT2D eigenvalue weighted by Gasteiger charge is 2.24. The SMILES string of the molecule is NC(=O)c1nnc(N[C@@H]2CCCC[C@@H]2N)nc1Nc1cccc2c1ccn2C1=NC=CC=I1. The van der Waals surface area contributed by atoms with Gasteiger partial charge >= 0.3 is 0 Å². The molecular weight excluding hydrogens is 533 g/mol. The Balaban J connectivity index is 1.48. The molecular formula is C22H24IN9O. The van der Waals surface area contributed by atoms with Gasteiger partial charge in [-0.15, -0.1) is 10.2 Å². The molecule has 3 aromatic rings. The van der Waals surface area contributed by atoms with Gasteiger partial charge in [0.15, 0.2) is 15.4 Å². The second kappa shape index (κ2) is 9.35. The summed E-state index contributed by atoms with van der Waals surface area (Å²) < 4.78 is 5.31. The fourth-order valence-corrected chi connectivity index (χ4v) is 5.84. The minimum absolute atomic E-state index is 0.0211. The lowest BCUT2D eigenvalue weighted by Gasteiger charge is -2.29. The monoisotopic (exact) mass is 557 g/mol. The molecule has 1 saturated carbocycles. The van der Waals surface area contributed by atoms with Gasteiger partial charge in [-0.2, -0.15) is 4.98 Å². The van der Waals surface area contributed by atoms with E-state index in [1.807, 2.05) is 42.7 Å². The van der Waals surface area contributed by atoms with Crippen molar-refractivity contribution in [1.29, 1.82) is 0 Å². The van der Waals surface area contributed by atoms with Crippen molar-refractivity contribution < 1.29 is 4.79 Å². The van der Waals surface area contributed by atoms with E-state index in [2.05, 4.69) is 39.4 Å². The van der Waals surface area contributed by atoms with Crippen molar-refractivity contribution in [2.75, 3.05) is 10.6 Å². The maximum atomic E-state index is 12.0. The number of carbonyl (C=O) groups is 1. The number of allylic oxidation sites excluding steroid dienone is 1. The number of aromatic nitrogens is 4. The van der Waals surface area contributed by atoms with Crippen LogP contribution in [-0.2, 0) is 0 Å². The van der Waals surface area contributed by atoms with E-state index in [0.29, 0.717) is 5.95 Å². The highest BCUT2D eigenvalue weighted by Crippen LogP contribution is 2.29. The molecule has 2 aliphatic rings. The first-order valence-corrected chi connectivity index (χ1v) is 13.1. The van der Waals surface area contributed by atoms with Crippen molar-refractivity contribution in [3.63, 3.8) is 0 Å². The molecule has 0 bridgehead atoms. The minimum atomic E-state index is -0.702. The lowest BCUT2D eigenvalue weighted by Crippen LogP contribution is -2.43. The topological polar surface area (TPSA) is 149 Å². The lowest BCUT2D eigenvalue weighted by molar-refractivity contribution is 0.0995. The maximum absolute atomic E-state index is 12.0. The first-order chi connectivity index (χ1) is 16.1. The van der Waals surface area contributed by atoms with Gasteiger partial charge in [-0.3, -0.25) is 9.36 Å². The summed E-state index contributed by atoms with van der Waals surface area (Å²) in [7, 11) is 0. The smallest absolute Gasteiger partial charge is 0.273 e. The van der Waals surface area contributed by atoms with Crippen LogP contribution in [0.1, 0.15) is 36.2 Å². The zero-order valence-electron chi connectivity index (χ0n) is 17.8. The Morgan fingerprint density at radius 3 is 2.85 bits per heavy atom. The van der Waals surface area contributed by atoms with Crippen LogP contribution in [0.4, 0.5) is 17.5 Å². The van der Waals surface area contributed by atoms with E-state index >= 15 is 0 Å². The van der Waals surface area contributed by atoms with Crippen LogP contribution in [0.3, 0.4) is 0 Å². The number of benzene rings is 1. The van der Waals surface area contributed by atoms with Gasteiger partial charge in [0.25, 0.3) is 5.91 Å². The van der Waals surface area contributed by atoms with Gasteiger partial charge < -0.3 is 22.1 Å². The Morgan fingerprint density at radius 2 is 2.06 bits per heavy atom. The van der Waals surface area contributed by atoms with Crippen LogP contribution in [0.25, 0.3) is 10.9 Å². The molecule has 2 aromatic heterocycles. The Hall–Kier alpha value is -3.19. The van der Waals surface area contributed by atoms with Crippen LogP contribution in [0.2, 0.25) is 0 Å². The summed E-state index contributed by atoms with van der Waals surface area (Å²) >= 11 is -0.299. The van der Waals surface area contributed by atoms with E-state index in [4.69, 9.17) is 11.5 Å². The Kier molecular flexibility index (Phi) is 6.13. The van der Waals surface area contributed by atoms with Crippen molar-refractivity contribution in [2.24, 2.45) is 16.5 Å². The minimum Gasteiger partial charge on any atom is -0.364 e. The van der Waals surface area contributed by atoms with Gasteiger partial charge in [0.2, 0.25) is 5.95 Å². The second-order valence-electron chi connectivity index (χ2n) is 7.92. The summed E-state index contributed by atoms with van der Waals surface area (Å²) in [6.45, 7) is 0. The highest BCUT2D eigenvalue weighted by atomic mass is 127. The maximum Gasteiger partial charge on any atom is 0.273 e. The quantitative estimate of drug-likeness (QED) is 0.353. The molecule has 11 heteroatoms. The predicted molar refractivity (Wildman–Crippen MR) is 139 cm³/mol. The fraction of sp³-hybridized carbons (Fsp3) is 0.273. The molecule has 33 heavy (non-hydrogen) atoms. The zero-order valence-corrected chi connectivity index (χ0v) is 19.9. The molecule has 2 atom stereocenters. The number of anilines is 3. The van der Waals surface area contributed by atoms with Gasteiger partial charge in [0.1, 0.15) is 0 Å². The zero-order chi connectivity index (χ0) is 22.8. The lowest BCUT2D eigenvalue weighted by atomic mass is 9.91. The Morgan fingerprint density at radius 1 is 1.18 bits per heavy atom. The molecule has 3 heterocycles. The number of nitrogens with one attached hydrogen (secondary N) is 2. The van der Waals surface area contributed by atoms with Crippen molar-refractivity contribution in [1.82, 2.24) is 19.7 Å². The number of primary amides is 1. The summed E-state index contributed by atoms with van der Waals surface area (Å²) in [5, 5.41) is 15.6. The molecule has 170 valence electrons. The van der Waals surface area contributed by atoms with E-state index in [9.17, 15) is 4.79 Å². The number of fused-ring (bicyclic) bond motifs is 1. The standard InChI is InChI=1S/C22H24IN9O/c24-14-5-1-2-6-16(14)28-22-29-20(18(19(25)33)30-31-22)27-15-7-3-8-17-13(15)9-12-32(17)21-23-10-4-11-26-21/h3-4,7-12,14,16H,1-2,5-6,24H2,(H2,25,33)(H2,27,28,29,31)/t14-,16+/m0/s1. The number of amides is 1. The van der Waals surface area contributed by atoms with Crippen molar-refractivity contribution in [2.45, 2.75) is 37.8 Å². The largest absolute Gasteiger partial charge is 0.364 e. The number of carbonyl (C=O) groups excluding carboxylic acids is 1. The number of nitrogens with two attached hydrogens (primary N) is 2. The average molecular weight is 557 g/mol. The number of aliphatic imine (C=N–C) groups is 1. The number of nitrogens with zero attached hydrogens (tertiary/aromatic N) is 5. The van der Waals surface area contributed by atoms with Crippen LogP contribution in [-0.4, -0.2) is 45.6 Å². The molecule has 0 spiro atoms. The van der Waals surface area contributed by atoms with Crippen LogP contribution in [0, 0.1) is 0 Å². The van der Waals surface area contributed by atoms with Crippen LogP contribution in [0.5, 0.6) is 0 Å². The number of hydrogen-bond donors (Lipinski definition) is 4. The summed E-state index contributed by atoms with van der Waals surface area (Å²) in [5.41, 5.74) is 13.6. The van der Waals surface area contributed by atoms with Crippen LogP contribution in [0.15, 0.2) is 47.7 Å². The molecule has 0 unspecified atom stereocenters. The molecule has 0 radical (unpaired) electrons. The predicted octanol–water partition coefficient (Wildman–Crippen LogP) is 2.85. The summed E-state index contributed by atoms with van der Waals surface area (Å²) in [6.07, 6.45) is 9.92. The van der Waals surface area contributed by atoms with E-state index in [1.165, 1.54) is 0 Å². The molecule has 1 aliphatic carbocycles. The molecule has 1 aromatic carbocycles. The third kappa shape index (κ3) is 4.50. The number of halogens is 1. The molecule has 1 fully saturated rings. The van der Waals surface area contributed by atoms with Crippen molar-refractivity contribution in [3.8, 4) is 0 Å². The molecule has 10 nitrogen and oxygen atoms in total. The van der Waals surface area contributed by atoms with Crippen molar-refractivity contribution in [3.05, 3.63) is 48.4 Å². The molecule has 1 aliphatic heterocycles. The number of rotatable bonds is 5. The summed E-state index contributed by atoms with van der Waals surface area (Å²) in [6, 6.07) is 8.02. The van der Waals surface area contributed by atoms with E-state index < -0.39 is 5.91 Å². The van der Waals surface area contributed by atoms with Gasteiger partial charge in [0, 0.05) is 35.6 Å². The van der Waals surface area contributed by atoms with E-state index in [1.54, 1.807) is 0 Å². The summed E-state index contributed by atoms with van der Waals surface area (Å²) in [4.78, 5) is 21.1. The van der Waals surface area contributed by atoms with Crippen LogP contribution < -0.4 is 22.1 Å². The molecule has 1 amide bonds. The third-order valence-electron chi connectivity index (χ3n) is 5.74. The van der Waals surface area contributed by atoms with E-state index in [0.717, 1.165) is 46.1 Å². The highest BCUT2D eigenvalue weighted by molar-refractivity contribution is 14.2. The van der Waals surface area contributed by atoms with Crippen LogP contribution >= 0.6 is 20.7 Å². The molecule has 5 rings (SSSR count). The second-order valence-corrected chi connectivity index (χ2v) is 10.2. The molecule has 6 N–H and O–H groups in total. The van der Waals surface area contributed by atoms with Gasteiger partial charge in [0.05, 0.1) is 5.52 Å². The average Bonchev–Trinajstić information content (AvgIpc) is 3.26. The summed E-state index contributed by atoms with van der Waals surface area (Å²) in [5.74, 6) is -0.131. The molecule has 0 saturated heterocycles. The Labute approximate surface area is 200 Å². The third-order valence-corrected chi connectivity index (χ3v) is 7.87. The first-order valence-electron chi connectivity index (χ1n) is 10.7. The van der Waals surface area contributed by atoms with Crippen molar-refractivity contribution >= 4 is 62.8 Å². The van der Waals surface area contributed by atoms with E-state index in [-0.39, 0.29) is 44.3 Å². The van der Waals surface area contributed by atoms with Gasteiger partial charge in [-0.25, -0.2) is 4.99 Å². The fourth-order valence-electron chi connectivity index (χ4n) is 4.08. The van der Waals surface area contributed by atoms with Gasteiger partial charge in [-0.1, -0.05) is 18.9 Å². The normalized spacial score (nSPS) is 20.2.